The van der Waals surface area contributed by atoms with Crippen molar-refractivity contribution in [2.45, 2.75) is 79.1 Å². The molecule has 4 aliphatic heterocycles. The smallest absolute Gasteiger partial charge is 0.394 e. The van der Waals surface area contributed by atoms with Gasteiger partial charge in [0.25, 0.3) is 16.5 Å². The maximum absolute atomic E-state index is 11.4. The van der Waals surface area contributed by atoms with Gasteiger partial charge in [0.2, 0.25) is 11.8 Å². The van der Waals surface area contributed by atoms with Gasteiger partial charge >= 0.3 is 22.3 Å². The average Bonchev–Trinajstić information content (AvgIpc) is 3.27. The number of carbonyl (C=O) groups is 4. The molecule has 69 heavy (non-hydrogen) atoms. The van der Waals surface area contributed by atoms with Gasteiger partial charge in [-0.3, -0.25) is 48.5 Å². The molecule has 24 nitrogen and oxygen atoms in total. The van der Waals surface area contributed by atoms with Gasteiger partial charge < -0.3 is 36.1 Å². The van der Waals surface area contributed by atoms with Gasteiger partial charge in [-0.05, 0) is 91.8 Å². The Kier molecular flexibility index (Phi) is 23.6. The molecule has 0 unspecified atom stereocenters. The van der Waals surface area contributed by atoms with Gasteiger partial charge in [-0.25, -0.2) is 0 Å². The van der Waals surface area contributed by atoms with Crippen LogP contribution in [-0.4, -0.2) is 87.6 Å². The minimum absolute atomic E-state index is 0.0342. The van der Waals surface area contributed by atoms with Gasteiger partial charge in [-0.2, -0.15) is 8.42 Å². The molecule has 0 atom stereocenters. The molecule has 0 aromatic heterocycles. The van der Waals surface area contributed by atoms with Gasteiger partial charge in [-0.1, -0.05) is 36.4 Å². The van der Waals surface area contributed by atoms with Crippen LogP contribution in [0.5, 0.6) is 0 Å². The third kappa shape index (κ3) is 22.1. The molecule has 8 rings (SSSR count). The quantitative estimate of drug-likeness (QED) is 0.0309. The lowest BCUT2D eigenvalue weighted by molar-refractivity contribution is -0.742. The summed E-state index contributed by atoms with van der Waals surface area (Å²) in [5.41, 5.74) is 15.4. The Morgan fingerprint density at radius 3 is 1.43 bits per heavy atom. The van der Waals surface area contributed by atoms with Crippen LogP contribution in [-0.2, 0) is 60.0 Å². The van der Waals surface area contributed by atoms with E-state index in [1.54, 1.807) is 34.9 Å². The number of nitro benzene ring substituents is 2. The molecule has 0 radical (unpaired) electrons. The Balaban J connectivity index is 0.000000288. The first-order valence-corrected chi connectivity index (χ1v) is 22.5. The number of benzene rings is 4. The van der Waals surface area contributed by atoms with Crippen LogP contribution in [0.1, 0.15) is 75.6 Å². The van der Waals surface area contributed by atoms with Crippen LogP contribution in [0, 0.1) is 30.3 Å². The maximum Gasteiger partial charge on any atom is 0.394 e. The Morgan fingerprint density at radius 1 is 0.609 bits per heavy atom. The molecule has 2 amide bonds. The highest BCUT2D eigenvalue weighted by Crippen LogP contribution is 2.32. The summed E-state index contributed by atoms with van der Waals surface area (Å²) < 4.78 is 35.6. The molecule has 0 spiro atoms. The zero-order chi connectivity index (χ0) is 51.8. The fourth-order valence-corrected chi connectivity index (χ4v) is 7.10. The van der Waals surface area contributed by atoms with Crippen LogP contribution < -0.4 is 26.2 Å². The summed E-state index contributed by atoms with van der Waals surface area (Å²) in [6.07, 6.45) is 8.49. The predicted molar refractivity (Wildman–Crippen MR) is 255 cm³/mol. The van der Waals surface area contributed by atoms with E-state index < -0.39 is 32.3 Å². The standard InChI is InChI=1S/C11H12N2O3.C11H14N2O.C9H10N2O2.C9H11N.C4H6O3.HNO3.H2O4S/c1-8(14)12-6-2-3-9-4-5-10(13(15)16)7-11(9)12;1-8(14)13-6-2-3-9-4-5-10(12)7-11(9)13;12-11(13)8-4-3-7-2-1-5-10-9(7)6-8;1-2-6-9-8(4-1)5-3-7-10-9;1-3(5)7-4(2)6;2-1(3)4;1-5(2,3)4/h4-5,7H,2-3,6H2,1H3;4-5,7H,2-3,6,12H2,1H3;3-4,6,10H,1-2,5H2;1-2,4,6,10H,3,5,7H2;1-2H3;(H,2,3,4);(H2,1,2,3,4). The summed E-state index contributed by atoms with van der Waals surface area (Å²) in [6.45, 7) is 8.94. The molecule has 374 valence electrons. The molecule has 25 heteroatoms. The number of aryl methyl sites for hydroxylation is 4. The van der Waals surface area contributed by atoms with Crippen LogP contribution in [0.2, 0.25) is 0 Å². The number of anilines is 5. The number of nitro groups is 2. The normalized spacial score (nSPS) is 13.4. The van der Waals surface area contributed by atoms with Gasteiger partial charge in [0.05, 0.1) is 15.5 Å². The first-order valence-electron chi connectivity index (χ1n) is 21.1. The van der Waals surface area contributed by atoms with Crippen molar-refractivity contribution in [2.24, 2.45) is 0 Å². The first-order chi connectivity index (χ1) is 32.4. The molecule has 0 saturated heterocycles. The lowest BCUT2D eigenvalue weighted by Gasteiger charge is -2.28. The minimum Gasteiger partial charge on any atom is -0.399 e. The summed E-state index contributed by atoms with van der Waals surface area (Å²) in [7, 11) is -4.67. The van der Waals surface area contributed by atoms with E-state index in [-0.39, 0.29) is 28.1 Å². The maximum atomic E-state index is 11.4. The van der Waals surface area contributed by atoms with E-state index in [1.165, 1.54) is 68.1 Å². The lowest BCUT2D eigenvalue weighted by Crippen LogP contribution is -2.33. The molecule has 7 N–H and O–H groups in total. The number of nitrogens with zero attached hydrogens (tertiary/aromatic N) is 5. The Labute approximate surface area is 397 Å². The number of ether oxygens (including phenoxy) is 1. The van der Waals surface area contributed by atoms with Crippen LogP contribution in [0.3, 0.4) is 0 Å². The van der Waals surface area contributed by atoms with E-state index in [4.69, 9.17) is 38.6 Å². The van der Waals surface area contributed by atoms with Gasteiger partial charge in [0.1, 0.15) is 0 Å². The van der Waals surface area contributed by atoms with Crippen LogP contribution in [0.15, 0.2) is 78.9 Å². The number of amides is 2. The number of non-ortho nitro benzene ring substituents is 2. The summed E-state index contributed by atoms with van der Waals surface area (Å²) in [4.78, 5) is 74.5. The third-order valence-corrected chi connectivity index (χ3v) is 9.87. The van der Waals surface area contributed by atoms with E-state index >= 15 is 0 Å². The highest BCUT2D eigenvalue weighted by Gasteiger charge is 2.23. The molecular formula is C44H56N8O16S. The van der Waals surface area contributed by atoms with E-state index in [2.05, 4.69) is 39.6 Å². The van der Waals surface area contributed by atoms with E-state index in [0.717, 1.165) is 80.8 Å². The van der Waals surface area contributed by atoms with E-state index in [9.17, 15) is 39.4 Å². The van der Waals surface area contributed by atoms with Crippen LogP contribution >= 0.6 is 0 Å². The number of hydrogen-bond donors (Lipinski definition) is 6. The zero-order valence-corrected chi connectivity index (χ0v) is 39.2. The topological polar surface area (TPSA) is 358 Å². The highest BCUT2D eigenvalue weighted by molar-refractivity contribution is 7.79. The second kappa shape index (κ2) is 28.4. The van der Waals surface area contributed by atoms with Crippen molar-refractivity contribution < 1.29 is 61.6 Å². The molecule has 4 aliphatic rings. The second-order valence-corrected chi connectivity index (χ2v) is 16.0. The fourth-order valence-electron chi connectivity index (χ4n) is 7.10. The summed E-state index contributed by atoms with van der Waals surface area (Å²) in [5, 5.41) is 41.3. The van der Waals surface area contributed by atoms with Crippen molar-refractivity contribution in [1.29, 1.82) is 0 Å². The predicted octanol–water partition coefficient (Wildman–Crippen LogP) is 6.55. The number of rotatable bonds is 2. The Morgan fingerprint density at radius 2 is 1.00 bits per heavy atom. The van der Waals surface area contributed by atoms with Gasteiger partial charge in [0, 0.05) is 101 Å². The summed E-state index contributed by atoms with van der Waals surface area (Å²) in [5.74, 6) is -1.10. The number of nitrogen functional groups attached to an aromatic ring is 1. The Bertz CT molecular complexity index is 2510. The number of hydrogen-bond acceptors (Lipinski definition) is 16. The number of carbonyl (C=O) groups excluding carboxylic acids is 4. The van der Waals surface area contributed by atoms with E-state index in [0.29, 0.717) is 12.2 Å². The molecule has 4 aromatic carbocycles. The third-order valence-electron chi connectivity index (χ3n) is 9.87. The largest absolute Gasteiger partial charge is 0.399 e. The molecule has 0 saturated carbocycles. The van der Waals surface area contributed by atoms with Crippen molar-refractivity contribution in [3.05, 3.63) is 131 Å². The summed E-state index contributed by atoms with van der Waals surface area (Å²) in [6, 6.07) is 24.0. The SMILES string of the molecule is CC(=O)N1CCCc2ccc(N)cc21.CC(=O)N1CCCc2ccc([N+](=O)[O-])cc21.CC(=O)OC(C)=O.O=S(=O)(O)O.O=[N+]([O-])O.O=[N+]([O-])c1ccc2c(c1)NCCC2.c1ccc2c(c1)CCCN2. The lowest BCUT2D eigenvalue weighted by atomic mass is 10.0. The molecule has 0 bridgehead atoms. The zero-order valence-electron chi connectivity index (χ0n) is 38.4. The fraction of sp³-hybridized carbons (Fsp3) is 0.364. The monoisotopic (exact) mass is 984 g/mol. The first kappa shape index (κ1) is 57.4. The van der Waals surface area contributed by atoms with Gasteiger partial charge in [0.15, 0.2) is 0 Å². The van der Waals surface area contributed by atoms with Crippen molar-refractivity contribution in [2.75, 3.05) is 52.3 Å². The molecule has 4 heterocycles. The van der Waals surface area contributed by atoms with Gasteiger partial charge in [-0.15, -0.1) is 10.1 Å². The van der Waals surface area contributed by atoms with Crippen molar-refractivity contribution in [3.63, 3.8) is 0 Å². The number of nitrogens with two attached hydrogens (primary N) is 1. The summed E-state index contributed by atoms with van der Waals surface area (Å²) >= 11 is 0. The molecular weight excluding hydrogens is 929 g/mol. The highest BCUT2D eigenvalue weighted by atomic mass is 32.3. The molecule has 0 aliphatic carbocycles. The number of para-hydroxylation sites is 1. The Hall–Kier alpha value is -7.77. The number of fused-ring (bicyclic) bond motifs is 4. The molecule has 0 fully saturated rings. The van der Waals surface area contributed by atoms with Crippen molar-refractivity contribution in [1.82, 2.24) is 0 Å². The van der Waals surface area contributed by atoms with Crippen LogP contribution in [0.25, 0.3) is 0 Å². The number of nitrogens with one attached hydrogen (secondary N) is 2. The molecule has 4 aromatic rings. The van der Waals surface area contributed by atoms with Crippen molar-refractivity contribution in [3.8, 4) is 0 Å². The van der Waals surface area contributed by atoms with E-state index in [1.807, 2.05) is 24.3 Å². The average molecular weight is 985 g/mol. The number of esters is 2. The second-order valence-electron chi connectivity index (χ2n) is 15.1. The van der Waals surface area contributed by atoms with Crippen LogP contribution in [0.4, 0.5) is 39.8 Å². The van der Waals surface area contributed by atoms with Crippen molar-refractivity contribution >= 4 is 74.0 Å². The minimum atomic E-state index is -4.67.